The SMILES string of the molecule is NC(=O)CCc1nnc(SCc2nc(-c3ccc(C(F)(F)F)cc3)no2)n1Cc1ccco1. The highest BCUT2D eigenvalue weighted by atomic mass is 32.2. The summed E-state index contributed by atoms with van der Waals surface area (Å²) in [5, 5.41) is 12.7. The number of rotatable bonds is 9. The Morgan fingerprint density at radius 2 is 1.94 bits per heavy atom. The van der Waals surface area contributed by atoms with E-state index in [1.807, 2.05) is 0 Å². The molecular weight excluding hydrogens is 461 g/mol. The molecule has 0 saturated heterocycles. The molecule has 3 aromatic heterocycles. The number of aryl methyl sites for hydroxylation is 1. The number of alkyl halides is 3. The lowest BCUT2D eigenvalue weighted by atomic mass is 10.1. The Morgan fingerprint density at radius 3 is 2.61 bits per heavy atom. The van der Waals surface area contributed by atoms with Gasteiger partial charge >= 0.3 is 6.18 Å². The Labute approximate surface area is 189 Å². The van der Waals surface area contributed by atoms with Gasteiger partial charge < -0.3 is 14.7 Å². The van der Waals surface area contributed by atoms with E-state index in [-0.39, 0.29) is 23.9 Å². The topological polar surface area (TPSA) is 126 Å². The van der Waals surface area contributed by atoms with E-state index in [4.69, 9.17) is 14.7 Å². The van der Waals surface area contributed by atoms with Crippen molar-refractivity contribution in [2.45, 2.75) is 36.5 Å². The highest BCUT2D eigenvalue weighted by molar-refractivity contribution is 7.98. The molecule has 4 aromatic rings. The molecule has 4 rings (SSSR count). The van der Waals surface area contributed by atoms with Crippen LogP contribution in [0.15, 0.2) is 56.8 Å². The van der Waals surface area contributed by atoms with E-state index < -0.39 is 17.6 Å². The van der Waals surface area contributed by atoms with Crippen molar-refractivity contribution in [2.75, 3.05) is 0 Å². The standard InChI is InChI=1S/C20H17F3N6O3S/c21-20(22,23)13-5-3-12(4-6-13)18-25-17(32-28-18)11-33-19-27-26-16(8-7-15(24)30)29(19)10-14-2-1-9-31-14/h1-6,9H,7-8,10-11H2,(H2,24,30). The maximum absolute atomic E-state index is 12.7. The average Bonchev–Trinajstić information content (AvgIpc) is 3.53. The van der Waals surface area contributed by atoms with Crippen LogP contribution >= 0.6 is 11.8 Å². The van der Waals surface area contributed by atoms with E-state index in [0.717, 1.165) is 12.1 Å². The van der Waals surface area contributed by atoms with Crippen LogP contribution < -0.4 is 5.73 Å². The number of nitrogens with zero attached hydrogens (tertiary/aromatic N) is 5. The summed E-state index contributed by atoms with van der Waals surface area (Å²) in [6.07, 6.45) is -2.42. The number of carbonyl (C=O) groups excluding carboxylic acids is 1. The highest BCUT2D eigenvalue weighted by Gasteiger charge is 2.30. The predicted molar refractivity (Wildman–Crippen MR) is 110 cm³/mol. The second-order valence-corrected chi connectivity index (χ2v) is 7.85. The third kappa shape index (κ3) is 5.61. The Kier molecular flexibility index (Phi) is 6.49. The van der Waals surface area contributed by atoms with Gasteiger partial charge in [0, 0.05) is 18.4 Å². The molecule has 0 aliphatic carbocycles. The first-order valence-corrected chi connectivity index (χ1v) is 10.6. The zero-order chi connectivity index (χ0) is 23.4. The molecule has 172 valence electrons. The van der Waals surface area contributed by atoms with Crippen LogP contribution in [0.25, 0.3) is 11.4 Å². The largest absolute Gasteiger partial charge is 0.467 e. The van der Waals surface area contributed by atoms with Crippen LogP contribution in [-0.2, 0) is 29.7 Å². The summed E-state index contributed by atoms with van der Waals surface area (Å²) < 4.78 is 50.6. The van der Waals surface area contributed by atoms with Gasteiger partial charge in [0.15, 0.2) is 5.16 Å². The fourth-order valence-corrected chi connectivity index (χ4v) is 3.72. The van der Waals surface area contributed by atoms with Gasteiger partial charge in [-0.05, 0) is 24.3 Å². The first kappa shape index (κ1) is 22.6. The van der Waals surface area contributed by atoms with Gasteiger partial charge in [-0.25, -0.2) is 0 Å². The van der Waals surface area contributed by atoms with Gasteiger partial charge in [-0.1, -0.05) is 29.1 Å². The summed E-state index contributed by atoms with van der Waals surface area (Å²) >= 11 is 1.28. The molecular formula is C20H17F3N6O3S. The fraction of sp³-hybridized carbons (Fsp3) is 0.250. The van der Waals surface area contributed by atoms with E-state index in [2.05, 4.69) is 20.3 Å². The van der Waals surface area contributed by atoms with Crippen molar-refractivity contribution in [2.24, 2.45) is 5.73 Å². The number of primary amides is 1. The van der Waals surface area contributed by atoms with E-state index in [0.29, 0.717) is 35.3 Å². The summed E-state index contributed by atoms with van der Waals surface area (Å²) in [5.74, 6) is 1.50. The van der Waals surface area contributed by atoms with Gasteiger partial charge in [0.25, 0.3) is 0 Å². The number of thioether (sulfide) groups is 1. The van der Waals surface area contributed by atoms with Gasteiger partial charge in [0.2, 0.25) is 17.6 Å². The highest BCUT2D eigenvalue weighted by Crippen LogP contribution is 2.31. The van der Waals surface area contributed by atoms with Crippen molar-refractivity contribution in [3.8, 4) is 11.4 Å². The van der Waals surface area contributed by atoms with Crippen LogP contribution in [0.5, 0.6) is 0 Å². The number of nitrogens with two attached hydrogens (primary N) is 1. The lowest BCUT2D eigenvalue weighted by Crippen LogP contribution is -2.14. The number of furan rings is 1. The van der Waals surface area contributed by atoms with E-state index >= 15 is 0 Å². The summed E-state index contributed by atoms with van der Waals surface area (Å²) in [7, 11) is 0. The summed E-state index contributed by atoms with van der Waals surface area (Å²) in [5.41, 5.74) is 4.89. The van der Waals surface area contributed by atoms with Crippen LogP contribution in [0.1, 0.15) is 29.5 Å². The molecule has 13 heteroatoms. The lowest BCUT2D eigenvalue weighted by molar-refractivity contribution is -0.137. The van der Waals surface area contributed by atoms with E-state index in [1.165, 1.54) is 23.9 Å². The first-order chi connectivity index (χ1) is 15.8. The number of benzene rings is 1. The molecule has 1 amide bonds. The fourth-order valence-electron chi connectivity index (χ4n) is 2.93. The molecule has 0 aliphatic heterocycles. The molecule has 0 atom stereocenters. The zero-order valence-electron chi connectivity index (χ0n) is 17.0. The van der Waals surface area contributed by atoms with Gasteiger partial charge in [-0.15, -0.1) is 10.2 Å². The second-order valence-electron chi connectivity index (χ2n) is 6.91. The maximum Gasteiger partial charge on any atom is 0.416 e. The smallest absolute Gasteiger partial charge is 0.416 e. The average molecular weight is 478 g/mol. The second kappa shape index (κ2) is 9.48. The number of hydrogen-bond donors (Lipinski definition) is 1. The third-order valence-corrected chi connectivity index (χ3v) is 5.50. The number of hydrogen-bond acceptors (Lipinski definition) is 8. The number of amides is 1. The van der Waals surface area contributed by atoms with Crippen LogP contribution in [0.4, 0.5) is 13.2 Å². The molecule has 3 heterocycles. The minimum atomic E-state index is -4.42. The molecule has 0 fully saturated rings. The van der Waals surface area contributed by atoms with Crippen molar-refractivity contribution in [1.82, 2.24) is 24.9 Å². The molecule has 2 N–H and O–H groups in total. The molecule has 0 saturated carbocycles. The third-order valence-electron chi connectivity index (χ3n) is 4.55. The van der Waals surface area contributed by atoms with Crippen molar-refractivity contribution < 1.29 is 26.9 Å². The van der Waals surface area contributed by atoms with Gasteiger partial charge in [0.05, 0.1) is 24.1 Å². The predicted octanol–water partition coefficient (Wildman–Crippen LogP) is 3.70. The Bertz CT molecular complexity index is 1220. The molecule has 0 unspecified atom stereocenters. The van der Waals surface area contributed by atoms with Crippen molar-refractivity contribution in [3.63, 3.8) is 0 Å². The van der Waals surface area contributed by atoms with Crippen LogP contribution in [0.2, 0.25) is 0 Å². The molecule has 0 aliphatic rings. The Hall–Kier alpha value is -3.61. The van der Waals surface area contributed by atoms with Crippen LogP contribution in [0, 0.1) is 0 Å². The van der Waals surface area contributed by atoms with Gasteiger partial charge in [0.1, 0.15) is 11.6 Å². The van der Waals surface area contributed by atoms with Gasteiger partial charge in [-0.2, -0.15) is 18.2 Å². The molecule has 33 heavy (non-hydrogen) atoms. The molecule has 0 spiro atoms. The molecule has 1 aromatic carbocycles. The van der Waals surface area contributed by atoms with Crippen LogP contribution in [-0.4, -0.2) is 30.8 Å². The summed E-state index contributed by atoms with van der Waals surface area (Å²) in [6, 6.07) is 8.07. The minimum Gasteiger partial charge on any atom is -0.467 e. The van der Waals surface area contributed by atoms with Crippen LogP contribution in [0.3, 0.4) is 0 Å². The number of aromatic nitrogens is 5. The van der Waals surface area contributed by atoms with Gasteiger partial charge in [-0.3, -0.25) is 9.36 Å². The lowest BCUT2D eigenvalue weighted by Gasteiger charge is -2.07. The number of halogens is 3. The summed E-state index contributed by atoms with van der Waals surface area (Å²) in [4.78, 5) is 15.4. The zero-order valence-corrected chi connectivity index (χ0v) is 17.8. The normalized spacial score (nSPS) is 11.7. The number of carbonyl (C=O) groups is 1. The maximum atomic E-state index is 12.7. The van der Waals surface area contributed by atoms with Crippen molar-refractivity contribution in [1.29, 1.82) is 0 Å². The van der Waals surface area contributed by atoms with E-state index in [9.17, 15) is 18.0 Å². The quantitative estimate of drug-likeness (QED) is 0.361. The Balaban J connectivity index is 1.47. The minimum absolute atomic E-state index is 0.126. The van der Waals surface area contributed by atoms with Crippen molar-refractivity contribution in [3.05, 3.63) is 65.7 Å². The Morgan fingerprint density at radius 1 is 1.15 bits per heavy atom. The monoisotopic (exact) mass is 478 g/mol. The van der Waals surface area contributed by atoms with Crippen molar-refractivity contribution >= 4 is 17.7 Å². The molecule has 9 nitrogen and oxygen atoms in total. The molecule has 0 radical (unpaired) electrons. The van der Waals surface area contributed by atoms with E-state index in [1.54, 1.807) is 23.0 Å². The first-order valence-electron chi connectivity index (χ1n) is 9.65. The molecule has 0 bridgehead atoms. The summed E-state index contributed by atoms with van der Waals surface area (Å²) in [6.45, 7) is 0.358.